The predicted octanol–water partition coefficient (Wildman–Crippen LogP) is 1.02. The molecule has 0 radical (unpaired) electrons. The quantitative estimate of drug-likeness (QED) is 0.572. The minimum absolute atomic E-state index is 0.169. The van der Waals surface area contributed by atoms with Crippen LogP contribution in [0.25, 0.3) is 0 Å². The van der Waals surface area contributed by atoms with Gasteiger partial charge in [0.25, 0.3) is 11.8 Å². The number of ether oxygens (including phenoxy) is 1. The van der Waals surface area contributed by atoms with Crippen LogP contribution >= 0.6 is 0 Å². The number of nitrogens with two attached hydrogens (primary N) is 1. The van der Waals surface area contributed by atoms with Gasteiger partial charge >= 0.3 is 5.97 Å². The molecule has 2 aromatic carbocycles. The largest absolute Gasteiger partial charge is 0.451 e. The maximum atomic E-state index is 12.2. The number of nitrogens with one attached hydrogen (secondary N) is 2. The fourth-order valence-electron chi connectivity index (χ4n) is 2.25. The zero-order chi connectivity index (χ0) is 21.6. The number of esters is 1. The van der Waals surface area contributed by atoms with Gasteiger partial charge in [-0.05, 0) is 44.2 Å². The van der Waals surface area contributed by atoms with Crippen LogP contribution < -0.4 is 15.8 Å². The fourth-order valence-corrected chi connectivity index (χ4v) is 2.81. The van der Waals surface area contributed by atoms with Gasteiger partial charge in [-0.15, -0.1) is 0 Å². The van der Waals surface area contributed by atoms with E-state index in [1.165, 1.54) is 38.1 Å². The van der Waals surface area contributed by atoms with Crippen LogP contribution in [0.15, 0.2) is 59.5 Å². The Labute approximate surface area is 168 Å². The van der Waals surface area contributed by atoms with Crippen molar-refractivity contribution in [2.24, 2.45) is 5.14 Å². The molecule has 29 heavy (non-hydrogen) atoms. The second-order valence-electron chi connectivity index (χ2n) is 6.20. The molecule has 0 aliphatic rings. The van der Waals surface area contributed by atoms with Gasteiger partial charge in [0.1, 0.15) is 6.04 Å². The standard InChI is InChI=1S/C19H21N3O6S/c1-12(21-18(24)14-7-4-3-5-8-14)19(25)28-13(2)17(23)22-15-9-6-10-16(11-15)29(20,26)27/h3-13H,1-2H3,(H,21,24)(H,22,23)(H2,20,26,27)/t12-,13-/m0/s1. The molecule has 2 rings (SSSR count). The summed E-state index contributed by atoms with van der Waals surface area (Å²) in [6.07, 6.45) is -1.18. The monoisotopic (exact) mass is 419 g/mol. The molecular formula is C19H21N3O6S. The maximum absolute atomic E-state index is 12.2. The van der Waals surface area contributed by atoms with Crippen molar-refractivity contribution in [3.8, 4) is 0 Å². The van der Waals surface area contributed by atoms with E-state index in [9.17, 15) is 22.8 Å². The summed E-state index contributed by atoms with van der Waals surface area (Å²) in [7, 11) is -3.92. The summed E-state index contributed by atoms with van der Waals surface area (Å²) >= 11 is 0. The lowest BCUT2D eigenvalue weighted by atomic mass is 10.2. The highest BCUT2D eigenvalue weighted by Gasteiger charge is 2.24. The van der Waals surface area contributed by atoms with Crippen molar-refractivity contribution >= 4 is 33.5 Å². The Kier molecular flexibility index (Phi) is 7.08. The minimum atomic E-state index is -3.92. The molecule has 0 saturated carbocycles. The van der Waals surface area contributed by atoms with E-state index in [1.807, 2.05) is 0 Å². The first-order chi connectivity index (χ1) is 13.6. The van der Waals surface area contributed by atoms with Crippen molar-refractivity contribution < 1.29 is 27.5 Å². The third-order valence-electron chi connectivity index (χ3n) is 3.83. The van der Waals surface area contributed by atoms with Crippen LogP contribution in [0.4, 0.5) is 5.69 Å². The van der Waals surface area contributed by atoms with E-state index in [0.29, 0.717) is 5.56 Å². The van der Waals surface area contributed by atoms with Crippen molar-refractivity contribution in [2.45, 2.75) is 30.9 Å². The smallest absolute Gasteiger partial charge is 0.329 e. The average Bonchev–Trinajstić information content (AvgIpc) is 2.68. The first kappa shape index (κ1) is 22.1. The molecule has 0 aliphatic carbocycles. The number of carbonyl (C=O) groups excluding carboxylic acids is 3. The summed E-state index contributed by atoms with van der Waals surface area (Å²) in [5, 5.41) is 9.98. The molecule has 10 heteroatoms. The van der Waals surface area contributed by atoms with Gasteiger partial charge in [-0.1, -0.05) is 24.3 Å². The van der Waals surface area contributed by atoms with Crippen LogP contribution in [-0.4, -0.2) is 38.3 Å². The average molecular weight is 419 g/mol. The van der Waals surface area contributed by atoms with Crippen LogP contribution in [0.5, 0.6) is 0 Å². The van der Waals surface area contributed by atoms with Gasteiger partial charge in [0.05, 0.1) is 4.90 Å². The number of primary sulfonamides is 1. The molecule has 4 N–H and O–H groups in total. The maximum Gasteiger partial charge on any atom is 0.329 e. The number of hydrogen-bond acceptors (Lipinski definition) is 6. The lowest BCUT2D eigenvalue weighted by Crippen LogP contribution is -2.42. The van der Waals surface area contributed by atoms with E-state index in [2.05, 4.69) is 10.6 Å². The normalized spacial score (nSPS) is 13.1. The van der Waals surface area contributed by atoms with Crippen LogP contribution in [-0.2, 0) is 24.3 Å². The van der Waals surface area contributed by atoms with Crippen LogP contribution in [0.1, 0.15) is 24.2 Å². The molecule has 9 nitrogen and oxygen atoms in total. The van der Waals surface area contributed by atoms with Gasteiger partial charge in [0, 0.05) is 11.3 Å². The number of hydrogen-bond donors (Lipinski definition) is 3. The molecule has 2 atom stereocenters. The summed E-state index contributed by atoms with van der Waals surface area (Å²) in [5.74, 6) is -1.92. The fraction of sp³-hybridized carbons (Fsp3) is 0.211. The molecule has 0 spiro atoms. The number of sulfonamides is 1. The highest BCUT2D eigenvalue weighted by atomic mass is 32.2. The third kappa shape index (κ3) is 6.40. The molecule has 0 fully saturated rings. The van der Waals surface area contributed by atoms with Crippen molar-refractivity contribution in [3.63, 3.8) is 0 Å². The topological polar surface area (TPSA) is 145 Å². The molecule has 0 unspecified atom stereocenters. The molecule has 0 heterocycles. The van der Waals surface area contributed by atoms with E-state index >= 15 is 0 Å². The molecule has 2 amide bonds. The first-order valence-electron chi connectivity index (χ1n) is 8.58. The molecule has 0 aromatic heterocycles. The Balaban J connectivity index is 1.93. The zero-order valence-corrected chi connectivity index (χ0v) is 16.6. The second kappa shape index (κ2) is 9.30. The number of benzene rings is 2. The van der Waals surface area contributed by atoms with Crippen LogP contribution in [0, 0.1) is 0 Å². The van der Waals surface area contributed by atoms with Crippen molar-refractivity contribution in [2.75, 3.05) is 5.32 Å². The van der Waals surface area contributed by atoms with Gasteiger partial charge in [-0.3, -0.25) is 9.59 Å². The van der Waals surface area contributed by atoms with E-state index in [-0.39, 0.29) is 10.6 Å². The number of anilines is 1. The molecule has 154 valence electrons. The molecule has 0 bridgehead atoms. The first-order valence-corrected chi connectivity index (χ1v) is 10.1. The Morgan fingerprint density at radius 1 is 1.00 bits per heavy atom. The van der Waals surface area contributed by atoms with Crippen molar-refractivity contribution in [3.05, 3.63) is 60.2 Å². The minimum Gasteiger partial charge on any atom is -0.451 e. The second-order valence-corrected chi connectivity index (χ2v) is 7.76. The Bertz CT molecular complexity index is 1010. The molecule has 0 saturated heterocycles. The number of carbonyl (C=O) groups is 3. The lowest BCUT2D eigenvalue weighted by Gasteiger charge is -2.17. The van der Waals surface area contributed by atoms with Crippen molar-refractivity contribution in [1.82, 2.24) is 5.32 Å². The van der Waals surface area contributed by atoms with Gasteiger partial charge in [0.2, 0.25) is 10.0 Å². The Morgan fingerprint density at radius 3 is 2.28 bits per heavy atom. The van der Waals surface area contributed by atoms with Gasteiger partial charge < -0.3 is 15.4 Å². The summed E-state index contributed by atoms with van der Waals surface area (Å²) in [6, 6.07) is 12.7. The number of rotatable bonds is 7. The van der Waals surface area contributed by atoms with E-state index in [1.54, 1.807) is 30.3 Å². The lowest BCUT2D eigenvalue weighted by molar-refractivity contribution is -0.154. The summed E-state index contributed by atoms with van der Waals surface area (Å²) in [6.45, 7) is 2.78. The van der Waals surface area contributed by atoms with Crippen molar-refractivity contribution in [1.29, 1.82) is 0 Å². The van der Waals surface area contributed by atoms with Gasteiger partial charge in [0.15, 0.2) is 6.10 Å². The van der Waals surface area contributed by atoms with Crippen LogP contribution in [0.3, 0.4) is 0 Å². The molecule has 0 aliphatic heterocycles. The highest BCUT2D eigenvalue weighted by Crippen LogP contribution is 2.14. The zero-order valence-electron chi connectivity index (χ0n) is 15.8. The SMILES string of the molecule is C[C@H](NC(=O)c1ccccc1)C(=O)O[C@@H](C)C(=O)Nc1cccc(S(N)(=O)=O)c1. The third-order valence-corrected chi connectivity index (χ3v) is 4.74. The van der Waals surface area contributed by atoms with E-state index in [0.717, 1.165) is 0 Å². The Hall–Kier alpha value is -3.24. The number of amides is 2. The summed E-state index contributed by atoms with van der Waals surface area (Å²) < 4.78 is 27.8. The predicted molar refractivity (Wildman–Crippen MR) is 105 cm³/mol. The van der Waals surface area contributed by atoms with Crippen LogP contribution in [0.2, 0.25) is 0 Å². The van der Waals surface area contributed by atoms with Gasteiger partial charge in [-0.25, -0.2) is 18.4 Å². The summed E-state index contributed by atoms with van der Waals surface area (Å²) in [4.78, 5) is 36.3. The highest BCUT2D eigenvalue weighted by molar-refractivity contribution is 7.89. The molecule has 2 aromatic rings. The van der Waals surface area contributed by atoms with Gasteiger partial charge in [-0.2, -0.15) is 0 Å². The Morgan fingerprint density at radius 2 is 1.66 bits per heavy atom. The molecular weight excluding hydrogens is 398 g/mol. The van der Waals surface area contributed by atoms with E-state index < -0.39 is 40.0 Å². The van der Waals surface area contributed by atoms with E-state index in [4.69, 9.17) is 9.88 Å². The summed E-state index contributed by atoms with van der Waals surface area (Å²) in [5.41, 5.74) is 0.558.